The zero-order valence-corrected chi connectivity index (χ0v) is 15.6. The lowest BCUT2D eigenvalue weighted by Crippen LogP contribution is -2.35. The van der Waals surface area contributed by atoms with Crippen molar-refractivity contribution in [3.8, 4) is 0 Å². The molecule has 1 fully saturated rings. The summed E-state index contributed by atoms with van der Waals surface area (Å²) in [6, 6.07) is 5.21. The van der Waals surface area contributed by atoms with E-state index in [1.165, 1.54) is 6.42 Å². The Balaban J connectivity index is 1.88. The van der Waals surface area contributed by atoms with Crippen molar-refractivity contribution < 1.29 is 14.3 Å². The molecule has 1 N–H and O–H groups in total. The molecule has 4 nitrogen and oxygen atoms in total. The standard InChI is InChI=1S/C19H21Cl2NO3/c1-11-18(19(24)25-13-5-3-2-4-6-13)14(10-17(23)22-11)12-7-8-15(20)16(21)9-12/h7-9,13-14H,2-6,10H2,1H3,(H,22,23)/t14-/m0/s1. The molecule has 25 heavy (non-hydrogen) atoms. The highest BCUT2D eigenvalue weighted by atomic mass is 35.5. The van der Waals surface area contributed by atoms with Gasteiger partial charge in [-0.1, -0.05) is 35.7 Å². The molecule has 1 aliphatic carbocycles. The summed E-state index contributed by atoms with van der Waals surface area (Å²) in [5, 5.41) is 3.60. The smallest absolute Gasteiger partial charge is 0.336 e. The Hall–Kier alpha value is -1.52. The zero-order valence-electron chi connectivity index (χ0n) is 14.1. The van der Waals surface area contributed by atoms with Crippen LogP contribution in [0.2, 0.25) is 10.0 Å². The number of hydrogen-bond acceptors (Lipinski definition) is 3. The van der Waals surface area contributed by atoms with Crippen molar-refractivity contribution in [2.45, 2.75) is 57.5 Å². The Kier molecular flexibility index (Phi) is 5.70. The lowest BCUT2D eigenvalue weighted by molar-refractivity contribution is -0.146. The second kappa shape index (κ2) is 7.79. The Morgan fingerprint density at radius 1 is 1.16 bits per heavy atom. The molecule has 0 aromatic heterocycles. The second-order valence-corrected chi connectivity index (χ2v) is 7.50. The van der Waals surface area contributed by atoms with Crippen LogP contribution in [0.1, 0.15) is 56.9 Å². The molecule has 1 aromatic carbocycles. The number of esters is 1. The fourth-order valence-corrected chi connectivity index (χ4v) is 3.89. The van der Waals surface area contributed by atoms with Crippen LogP contribution in [0.15, 0.2) is 29.5 Å². The van der Waals surface area contributed by atoms with Gasteiger partial charge in [-0.15, -0.1) is 0 Å². The number of carbonyl (C=O) groups is 2. The van der Waals surface area contributed by atoms with E-state index >= 15 is 0 Å². The third-order valence-electron chi connectivity index (χ3n) is 4.86. The van der Waals surface area contributed by atoms with E-state index in [1.807, 2.05) is 0 Å². The van der Waals surface area contributed by atoms with Gasteiger partial charge in [0.1, 0.15) is 6.10 Å². The van der Waals surface area contributed by atoms with E-state index in [-0.39, 0.29) is 30.3 Å². The molecule has 1 atom stereocenters. The van der Waals surface area contributed by atoms with E-state index in [4.69, 9.17) is 27.9 Å². The first-order chi connectivity index (χ1) is 12.0. The van der Waals surface area contributed by atoms with Crippen LogP contribution in [-0.4, -0.2) is 18.0 Å². The molecule has 0 unspecified atom stereocenters. The average molecular weight is 382 g/mol. The average Bonchev–Trinajstić information content (AvgIpc) is 2.57. The van der Waals surface area contributed by atoms with E-state index in [9.17, 15) is 9.59 Å². The molecule has 0 radical (unpaired) electrons. The number of hydrogen-bond donors (Lipinski definition) is 1. The number of ether oxygens (including phenoxy) is 1. The molecule has 1 aromatic rings. The largest absolute Gasteiger partial charge is 0.459 e. The summed E-state index contributed by atoms with van der Waals surface area (Å²) >= 11 is 12.1. The van der Waals surface area contributed by atoms with E-state index in [1.54, 1.807) is 25.1 Å². The first kappa shape index (κ1) is 18.3. The fraction of sp³-hybridized carbons (Fsp3) is 0.474. The van der Waals surface area contributed by atoms with Gasteiger partial charge < -0.3 is 10.1 Å². The van der Waals surface area contributed by atoms with Gasteiger partial charge in [-0.05, 0) is 50.3 Å². The van der Waals surface area contributed by atoms with Crippen LogP contribution < -0.4 is 5.32 Å². The first-order valence-corrected chi connectivity index (χ1v) is 9.38. The van der Waals surface area contributed by atoms with Gasteiger partial charge in [0.15, 0.2) is 0 Å². The number of rotatable bonds is 3. The number of amides is 1. The minimum atomic E-state index is -0.375. The minimum Gasteiger partial charge on any atom is -0.459 e. The van der Waals surface area contributed by atoms with Gasteiger partial charge in [0.05, 0.1) is 15.6 Å². The predicted octanol–water partition coefficient (Wildman–Crippen LogP) is 4.75. The zero-order chi connectivity index (χ0) is 18.0. The molecule has 0 saturated heterocycles. The van der Waals surface area contributed by atoms with E-state index in [0.29, 0.717) is 21.3 Å². The quantitative estimate of drug-likeness (QED) is 0.768. The van der Waals surface area contributed by atoms with E-state index < -0.39 is 0 Å². The van der Waals surface area contributed by atoms with Gasteiger partial charge in [-0.3, -0.25) is 4.79 Å². The van der Waals surface area contributed by atoms with Crippen LogP contribution in [0.3, 0.4) is 0 Å². The molecule has 3 rings (SSSR count). The maximum Gasteiger partial charge on any atom is 0.336 e. The topological polar surface area (TPSA) is 55.4 Å². The van der Waals surface area contributed by atoms with Crippen molar-refractivity contribution in [1.82, 2.24) is 5.32 Å². The highest BCUT2D eigenvalue weighted by Crippen LogP contribution is 2.36. The number of benzene rings is 1. The number of carbonyl (C=O) groups excluding carboxylic acids is 2. The van der Waals surface area contributed by atoms with Gasteiger partial charge >= 0.3 is 5.97 Å². The van der Waals surface area contributed by atoms with Crippen molar-refractivity contribution in [2.24, 2.45) is 0 Å². The molecule has 1 aliphatic heterocycles. The van der Waals surface area contributed by atoms with Crippen LogP contribution in [0.25, 0.3) is 0 Å². The van der Waals surface area contributed by atoms with Crippen molar-refractivity contribution in [3.63, 3.8) is 0 Å². The van der Waals surface area contributed by atoms with Crippen LogP contribution in [-0.2, 0) is 14.3 Å². The monoisotopic (exact) mass is 381 g/mol. The number of allylic oxidation sites excluding steroid dienone is 1. The third-order valence-corrected chi connectivity index (χ3v) is 5.60. The summed E-state index contributed by atoms with van der Waals surface area (Å²) < 4.78 is 5.74. The first-order valence-electron chi connectivity index (χ1n) is 8.62. The van der Waals surface area contributed by atoms with E-state index in [0.717, 1.165) is 31.2 Å². The normalized spacial score (nSPS) is 21.9. The molecule has 0 bridgehead atoms. The van der Waals surface area contributed by atoms with Crippen molar-refractivity contribution in [2.75, 3.05) is 0 Å². The Bertz CT molecular complexity index is 723. The maximum atomic E-state index is 12.8. The number of nitrogens with one attached hydrogen (secondary N) is 1. The van der Waals surface area contributed by atoms with Crippen LogP contribution in [0.5, 0.6) is 0 Å². The van der Waals surface area contributed by atoms with Crippen molar-refractivity contribution in [1.29, 1.82) is 0 Å². The Morgan fingerprint density at radius 3 is 2.56 bits per heavy atom. The molecule has 2 aliphatic rings. The van der Waals surface area contributed by atoms with Gasteiger partial charge in [-0.25, -0.2) is 4.79 Å². The summed E-state index contributed by atoms with van der Waals surface area (Å²) in [7, 11) is 0. The van der Waals surface area contributed by atoms with Crippen LogP contribution >= 0.6 is 23.2 Å². The van der Waals surface area contributed by atoms with Gasteiger partial charge in [0.2, 0.25) is 5.91 Å². The van der Waals surface area contributed by atoms with Crippen molar-refractivity contribution >= 4 is 35.1 Å². The lowest BCUT2D eigenvalue weighted by Gasteiger charge is -2.29. The van der Waals surface area contributed by atoms with Crippen LogP contribution in [0, 0.1) is 0 Å². The van der Waals surface area contributed by atoms with Crippen molar-refractivity contribution in [3.05, 3.63) is 45.1 Å². The number of halogens is 2. The third kappa shape index (κ3) is 4.18. The van der Waals surface area contributed by atoms with Gasteiger partial charge in [0.25, 0.3) is 0 Å². The van der Waals surface area contributed by atoms with Gasteiger partial charge in [-0.2, -0.15) is 0 Å². The molecular formula is C19H21Cl2NO3. The van der Waals surface area contributed by atoms with E-state index in [2.05, 4.69) is 5.32 Å². The summed E-state index contributed by atoms with van der Waals surface area (Å²) in [6.07, 6.45) is 5.33. The highest BCUT2D eigenvalue weighted by molar-refractivity contribution is 6.42. The fourth-order valence-electron chi connectivity index (χ4n) is 3.58. The summed E-state index contributed by atoms with van der Waals surface area (Å²) in [4.78, 5) is 24.8. The molecule has 1 saturated carbocycles. The molecular weight excluding hydrogens is 361 g/mol. The molecule has 1 amide bonds. The Labute approximate surface area is 157 Å². The molecule has 134 valence electrons. The minimum absolute atomic E-state index is 0.0337. The summed E-state index contributed by atoms with van der Waals surface area (Å²) in [5.41, 5.74) is 1.84. The Morgan fingerprint density at radius 2 is 1.88 bits per heavy atom. The van der Waals surface area contributed by atoms with Crippen LogP contribution in [0.4, 0.5) is 0 Å². The highest BCUT2D eigenvalue weighted by Gasteiger charge is 2.34. The van der Waals surface area contributed by atoms with Gasteiger partial charge in [0, 0.05) is 18.0 Å². The second-order valence-electron chi connectivity index (χ2n) is 6.68. The molecule has 6 heteroatoms. The summed E-state index contributed by atoms with van der Waals surface area (Å²) in [6.45, 7) is 1.74. The molecule has 0 spiro atoms. The lowest BCUT2D eigenvalue weighted by atomic mass is 9.84. The molecule has 1 heterocycles. The summed E-state index contributed by atoms with van der Waals surface area (Å²) in [5.74, 6) is -0.845. The maximum absolute atomic E-state index is 12.8. The SMILES string of the molecule is CC1=C(C(=O)OC2CCCCC2)[C@H](c2ccc(Cl)c(Cl)c2)CC(=O)N1. The predicted molar refractivity (Wildman–Crippen MR) is 97.6 cm³/mol.